The van der Waals surface area contributed by atoms with Crippen molar-refractivity contribution in [3.05, 3.63) is 48.2 Å². The summed E-state index contributed by atoms with van der Waals surface area (Å²) in [5.41, 5.74) is 2.97. The van der Waals surface area contributed by atoms with Crippen molar-refractivity contribution in [2.24, 2.45) is 5.92 Å². The molecule has 0 bridgehead atoms. The summed E-state index contributed by atoms with van der Waals surface area (Å²) in [4.78, 5) is 4.49. The van der Waals surface area contributed by atoms with Crippen LogP contribution in [0.5, 0.6) is 0 Å². The summed E-state index contributed by atoms with van der Waals surface area (Å²) in [6, 6.07) is 11.9. The predicted molar refractivity (Wildman–Crippen MR) is 83.2 cm³/mol. The van der Waals surface area contributed by atoms with Crippen molar-refractivity contribution in [2.45, 2.75) is 20.4 Å². The van der Waals surface area contributed by atoms with E-state index in [2.05, 4.69) is 40.5 Å². The van der Waals surface area contributed by atoms with Gasteiger partial charge in [0.15, 0.2) is 5.82 Å². The fourth-order valence-corrected chi connectivity index (χ4v) is 2.28. The van der Waals surface area contributed by atoms with Crippen LogP contribution in [0.3, 0.4) is 0 Å². The number of para-hydroxylation sites is 1. The van der Waals surface area contributed by atoms with Gasteiger partial charge in [0.1, 0.15) is 5.52 Å². The van der Waals surface area contributed by atoms with Crippen molar-refractivity contribution >= 4 is 11.0 Å². The van der Waals surface area contributed by atoms with Gasteiger partial charge < -0.3 is 5.32 Å². The first-order chi connectivity index (χ1) is 10.3. The molecule has 5 nitrogen and oxygen atoms in total. The molecule has 21 heavy (non-hydrogen) atoms. The van der Waals surface area contributed by atoms with E-state index in [0.717, 1.165) is 35.5 Å². The Kier molecular flexibility index (Phi) is 3.92. The molecule has 2 heterocycles. The van der Waals surface area contributed by atoms with E-state index in [1.54, 1.807) is 6.20 Å². The van der Waals surface area contributed by atoms with Crippen molar-refractivity contribution in [1.82, 2.24) is 25.3 Å². The van der Waals surface area contributed by atoms with Crippen LogP contribution in [-0.4, -0.2) is 26.5 Å². The van der Waals surface area contributed by atoms with E-state index >= 15 is 0 Å². The standard InChI is InChI=1S/C16H19N5/c1-12(2)10-17-11-13-6-5-9-18-16(13)21-15-8-4-3-7-14(15)19-20-21/h3-9,12,17H,10-11H2,1-2H3. The molecular formula is C16H19N5. The molecule has 0 aliphatic carbocycles. The van der Waals surface area contributed by atoms with Gasteiger partial charge in [0.25, 0.3) is 0 Å². The Morgan fingerprint density at radius 3 is 2.86 bits per heavy atom. The lowest BCUT2D eigenvalue weighted by Crippen LogP contribution is -2.20. The third-order valence-electron chi connectivity index (χ3n) is 3.29. The molecule has 0 unspecified atom stereocenters. The molecule has 0 atom stereocenters. The predicted octanol–water partition coefficient (Wildman–Crippen LogP) is 2.56. The first-order valence-corrected chi connectivity index (χ1v) is 7.21. The van der Waals surface area contributed by atoms with Gasteiger partial charge in [-0.3, -0.25) is 0 Å². The lowest BCUT2D eigenvalue weighted by molar-refractivity contribution is 0.550. The number of fused-ring (bicyclic) bond motifs is 1. The Bertz CT molecular complexity index is 732. The van der Waals surface area contributed by atoms with Gasteiger partial charge in [0.05, 0.1) is 5.52 Å². The average molecular weight is 281 g/mol. The lowest BCUT2D eigenvalue weighted by Gasteiger charge is -2.11. The highest BCUT2D eigenvalue weighted by atomic mass is 15.4. The van der Waals surface area contributed by atoms with E-state index in [0.29, 0.717) is 5.92 Å². The molecule has 0 aliphatic rings. The van der Waals surface area contributed by atoms with Crippen LogP contribution in [0.1, 0.15) is 19.4 Å². The molecule has 0 fully saturated rings. The highest BCUT2D eigenvalue weighted by molar-refractivity contribution is 5.75. The molecule has 3 aromatic rings. The van der Waals surface area contributed by atoms with E-state index in [9.17, 15) is 0 Å². The second-order valence-electron chi connectivity index (χ2n) is 5.50. The summed E-state index contributed by atoms with van der Waals surface area (Å²) in [5.74, 6) is 1.46. The van der Waals surface area contributed by atoms with Crippen molar-refractivity contribution in [3.8, 4) is 5.82 Å². The van der Waals surface area contributed by atoms with Crippen molar-refractivity contribution in [2.75, 3.05) is 6.54 Å². The van der Waals surface area contributed by atoms with Gasteiger partial charge in [-0.2, -0.15) is 4.68 Å². The maximum Gasteiger partial charge on any atom is 0.160 e. The number of hydrogen-bond donors (Lipinski definition) is 1. The van der Waals surface area contributed by atoms with E-state index in [1.165, 1.54) is 0 Å². The molecule has 0 radical (unpaired) electrons. The number of pyridine rings is 1. The second kappa shape index (κ2) is 6.01. The van der Waals surface area contributed by atoms with Gasteiger partial charge in [-0.05, 0) is 30.7 Å². The van der Waals surface area contributed by atoms with Gasteiger partial charge in [-0.25, -0.2) is 4.98 Å². The maximum absolute atomic E-state index is 4.49. The third-order valence-corrected chi connectivity index (χ3v) is 3.29. The van der Waals surface area contributed by atoms with Crippen molar-refractivity contribution < 1.29 is 0 Å². The minimum Gasteiger partial charge on any atom is -0.312 e. The van der Waals surface area contributed by atoms with Crippen molar-refractivity contribution in [1.29, 1.82) is 0 Å². The minimum atomic E-state index is 0.623. The molecular weight excluding hydrogens is 262 g/mol. The number of hydrogen-bond acceptors (Lipinski definition) is 4. The molecule has 5 heteroatoms. The molecule has 108 valence electrons. The summed E-state index contributed by atoms with van der Waals surface area (Å²) in [5, 5.41) is 11.9. The van der Waals surface area contributed by atoms with Crippen LogP contribution in [-0.2, 0) is 6.54 Å². The molecule has 1 aromatic carbocycles. The summed E-state index contributed by atoms with van der Waals surface area (Å²) >= 11 is 0. The quantitative estimate of drug-likeness (QED) is 0.781. The molecule has 0 saturated heterocycles. The Balaban J connectivity index is 1.95. The van der Waals surface area contributed by atoms with Crippen LogP contribution >= 0.6 is 0 Å². The van der Waals surface area contributed by atoms with Crippen LogP contribution in [0.15, 0.2) is 42.6 Å². The van der Waals surface area contributed by atoms with Crippen LogP contribution in [0.2, 0.25) is 0 Å². The van der Waals surface area contributed by atoms with E-state index in [4.69, 9.17) is 0 Å². The molecule has 0 spiro atoms. The van der Waals surface area contributed by atoms with Gasteiger partial charge in [0, 0.05) is 18.3 Å². The Morgan fingerprint density at radius 1 is 1.14 bits per heavy atom. The van der Waals surface area contributed by atoms with Gasteiger partial charge in [-0.1, -0.05) is 37.3 Å². The zero-order valence-corrected chi connectivity index (χ0v) is 12.3. The number of benzene rings is 1. The molecule has 0 aliphatic heterocycles. The summed E-state index contributed by atoms with van der Waals surface area (Å²) in [7, 11) is 0. The maximum atomic E-state index is 4.49. The monoisotopic (exact) mass is 281 g/mol. The van der Waals surface area contributed by atoms with Crippen LogP contribution in [0, 0.1) is 5.92 Å². The number of aromatic nitrogens is 4. The largest absolute Gasteiger partial charge is 0.312 e. The lowest BCUT2D eigenvalue weighted by atomic mass is 10.2. The Hall–Kier alpha value is -2.27. The number of rotatable bonds is 5. The Labute approximate surface area is 124 Å². The fourth-order valence-electron chi connectivity index (χ4n) is 2.28. The summed E-state index contributed by atoms with van der Waals surface area (Å²) < 4.78 is 1.81. The van der Waals surface area contributed by atoms with Crippen molar-refractivity contribution in [3.63, 3.8) is 0 Å². The average Bonchev–Trinajstić information content (AvgIpc) is 2.91. The van der Waals surface area contributed by atoms with E-state index < -0.39 is 0 Å². The molecule has 0 amide bonds. The van der Waals surface area contributed by atoms with E-state index in [-0.39, 0.29) is 0 Å². The summed E-state index contributed by atoms with van der Waals surface area (Å²) in [6.45, 7) is 6.14. The SMILES string of the molecule is CC(C)CNCc1cccnc1-n1nnc2ccccc21. The normalized spacial score (nSPS) is 11.4. The highest BCUT2D eigenvalue weighted by Crippen LogP contribution is 2.17. The molecule has 2 aromatic heterocycles. The zero-order chi connectivity index (χ0) is 14.7. The topological polar surface area (TPSA) is 55.6 Å². The molecule has 1 N–H and O–H groups in total. The molecule has 0 saturated carbocycles. The number of nitrogens with one attached hydrogen (secondary N) is 1. The van der Waals surface area contributed by atoms with Gasteiger partial charge in [0.2, 0.25) is 0 Å². The summed E-state index contributed by atoms with van der Waals surface area (Å²) in [6.07, 6.45) is 1.79. The first-order valence-electron chi connectivity index (χ1n) is 7.21. The van der Waals surface area contributed by atoms with E-state index in [1.807, 2.05) is 35.0 Å². The Morgan fingerprint density at radius 2 is 2.00 bits per heavy atom. The third kappa shape index (κ3) is 2.92. The van der Waals surface area contributed by atoms with Gasteiger partial charge >= 0.3 is 0 Å². The van der Waals surface area contributed by atoms with Crippen LogP contribution < -0.4 is 5.32 Å². The van der Waals surface area contributed by atoms with Crippen LogP contribution in [0.25, 0.3) is 16.9 Å². The fraction of sp³-hybridized carbons (Fsp3) is 0.312. The smallest absolute Gasteiger partial charge is 0.160 e. The first kappa shape index (κ1) is 13.7. The second-order valence-corrected chi connectivity index (χ2v) is 5.50. The minimum absolute atomic E-state index is 0.623. The van der Waals surface area contributed by atoms with Gasteiger partial charge in [-0.15, -0.1) is 5.10 Å². The number of nitrogens with zero attached hydrogens (tertiary/aromatic N) is 4. The highest BCUT2D eigenvalue weighted by Gasteiger charge is 2.11. The zero-order valence-electron chi connectivity index (χ0n) is 12.3. The molecule has 3 rings (SSSR count). The van der Waals surface area contributed by atoms with Crippen LogP contribution in [0.4, 0.5) is 0 Å².